The van der Waals surface area contributed by atoms with Gasteiger partial charge in [-0.3, -0.25) is 9.59 Å². The summed E-state index contributed by atoms with van der Waals surface area (Å²) < 4.78 is 25.1. The highest BCUT2D eigenvalue weighted by atomic mass is 32.2. The molecule has 0 spiro atoms. The van der Waals surface area contributed by atoms with E-state index in [-0.39, 0.29) is 29.9 Å². The summed E-state index contributed by atoms with van der Waals surface area (Å²) in [6, 6.07) is 5.31. The molecule has 7 heteroatoms. The summed E-state index contributed by atoms with van der Waals surface area (Å²) in [5, 5.41) is 0. The molecule has 1 aromatic rings. The zero-order valence-electron chi connectivity index (χ0n) is 14.2. The van der Waals surface area contributed by atoms with Gasteiger partial charge >= 0.3 is 0 Å². The SMILES string of the molecule is NC(=O)C1CCN(C(=O)CCS(=O)(=O)c2ccc3c(c2)CCC3)CC1. The predicted molar refractivity (Wildman–Crippen MR) is 93.6 cm³/mol. The van der Waals surface area contributed by atoms with Crippen LogP contribution in [0.25, 0.3) is 0 Å². The van der Waals surface area contributed by atoms with Gasteiger partial charge in [0.2, 0.25) is 11.8 Å². The number of likely N-dealkylation sites (tertiary alicyclic amines) is 1. The van der Waals surface area contributed by atoms with Crippen molar-refractivity contribution in [2.45, 2.75) is 43.4 Å². The molecule has 0 radical (unpaired) electrons. The normalized spacial score (nSPS) is 18.2. The molecule has 136 valence electrons. The molecule has 1 aliphatic heterocycles. The third-order valence-corrected chi connectivity index (χ3v) is 6.98. The number of primary amides is 1. The first kappa shape index (κ1) is 17.9. The van der Waals surface area contributed by atoms with Crippen LogP contribution >= 0.6 is 0 Å². The number of fused-ring (bicyclic) bond motifs is 1. The van der Waals surface area contributed by atoms with Crippen molar-refractivity contribution >= 4 is 21.7 Å². The average Bonchev–Trinajstić information content (AvgIpc) is 3.07. The van der Waals surface area contributed by atoms with Crippen molar-refractivity contribution in [1.29, 1.82) is 0 Å². The number of carbonyl (C=O) groups excluding carboxylic acids is 2. The minimum absolute atomic E-state index is 0.0271. The van der Waals surface area contributed by atoms with E-state index < -0.39 is 9.84 Å². The molecule has 2 amide bonds. The van der Waals surface area contributed by atoms with Gasteiger partial charge in [-0.05, 0) is 55.4 Å². The smallest absolute Gasteiger partial charge is 0.223 e. The van der Waals surface area contributed by atoms with E-state index in [9.17, 15) is 18.0 Å². The van der Waals surface area contributed by atoms with Gasteiger partial charge in [0.1, 0.15) is 0 Å². The number of benzene rings is 1. The summed E-state index contributed by atoms with van der Waals surface area (Å²) in [7, 11) is -3.46. The molecular weight excluding hydrogens is 340 g/mol. The number of amides is 2. The highest BCUT2D eigenvalue weighted by Gasteiger charge is 2.27. The van der Waals surface area contributed by atoms with Gasteiger partial charge in [0.25, 0.3) is 0 Å². The number of nitrogens with zero attached hydrogens (tertiary/aromatic N) is 1. The summed E-state index contributed by atoms with van der Waals surface area (Å²) in [5.74, 6) is -0.862. The van der Waals surface area contributed by atoms with E-state index in [1.165, 1.54) is 5.56 Å². The molecule has 3 rings (SSSR count). The molecule has 0 aromatic heterocycles. The lowest BCUT2D eigenvalue weighted by atomic mass is 9.96. The lowest BCUT2D eigenvalue weighted by Crippen LogP contribution is -2.42. The van der Waals surface area contributed by atoms with Gasteiger partial charge in [-0.15, -0.1) is 0 Å². The van der Waals surface area contributed by atoms with Gasteiger partial charge < -0.3 is 10.6 Å². The second-order valence-corrected chi connectivity index (χ2v) is 9.02. The van der Waals surface area contributed by atoms with Crippen molar-refractivity contribution in [3.63, 3.8) is 0 Å². The molecule has 1 heterocycles. The number of hydrogen-bond donors (Lipinski definition) is 1. The van der Waals surface area contributed by atoms with Crippen LogP contribution in [0.15, 0.2) is 23.1 Å². The number of hydrogen-bond acceptors (Lipinski definition) is 4. The Morgan fingerprint density at radius 3 is 2.48 bits per heavy atom. The molecule has 0 atom stereocenters. The summed E-state index contributed by atoms with van der Waals surface area (Å²) in [6.07, 6.45) is 4.08. The largest absolute Gasteiger partial charge is 0.369 e. The Morgan fingerprint density at radius 1 is 1.12 bits per heavy atom. The number of nitrogens with two attached hydrogens (primary N) is 1. The molecule has 0 unspecified atom stereocenters. The first-order valence-electron chi connectivity index (χ1n) is 8.78. The molecule has 0 bridgehead atoms. The van der Waals surface area contributed by atoms with E-state index in [1.807, 2.05) is 6.07 Å². The molecule has 6 nitrogen and oxygen atoms in total. The van der Waals surface area contributed by atoms with Crippen molar-refractivity contribution in [2.24, 2.45) is 11.7 Å². The second kappa shape index (κ2) is 7.15. The average molecular weight is 364 g/mol. The van der Waals surface area contributed by atoms with Crippen LogP contribution in [0.2, 0.25) is 0 Å². The maximum absolute atomic E-state index is 12.5. The Labute approximate surface area is 148 Å². The Kier molecular flexibility index (Phi) is 5.13. The number of carbonyl (C=O) groups is 2. The monoisotopic (exact) mass is 364 g/mol. The van der Waals surface area contributed by atoms with E-state index in [2.05, 4.69) is 0 Å². The van der Waals surface area contributed by atoms with Crippen LogP contribution < -0.4 is 5.73 Å². The van der Waals surface area contributed by atoms with E-state index in [1.54, 1.807) is 17.0 Å². The standard InChI is InChI=1S/C18H24N2O4S/c19-18(22)14-6-9-20(10-7-14)17(21)8-11-25(23,24)16-5-4-13-2-1-3-15(13)12-16/h4-5,12,14H,1-3,6-11H2,(H2,19,22). The molecule has 2 aliphatic rings. The molecular formula is C18H24N2O4S. The topological polar surface area (TPSA) is 97.5 Å². The minimum atomic E-state index is -3.46. The van der Waals surface area contributed by atoms with Crippen LogP contribution in [0, 0.1) is 5.92 Å². The van der Waals surface area contributed by atoms with E-state index in [0.717, 1.165) is 24.8 Å². The zero-order valence-corrected chi connectivity index (χ0v) is 15.1. The highest BCUT2D eigenvalue weighted by molar-refractivity contribution is 7.91. The summed E-state index contributed by atoms with van der Waals surface area (Å²) in [4.78, 5) is 25.4. The van der Waals surface area contributed by atoms with Crippen molar-refractivity contribution in [2.75, 3.05) is 18.8 Å². The Morgan fingerprint density at radius 2 is 1.80 bits per heavy atom. The third-order valence-electron chi connectivity index (χ3n) is 5.26. The van der Waals surface area contributed by atoms with Crippen LogP contribution in [0.4, 0.5) is 0 Å². The molecule has 0 saturated carbocycles. The van der Waals surface area contributed by atoms with Gasteiger partial charge in [-0.2, -0.15) is 0 Å². The first-order chi connectivity index (χ1) is 11.9. The molecule has 1 saturated heterocycles. The van der Waals surface area contributed by atoms with Gasteiger partial charge in [0, 0.05) is 25.4 Å². The predicted octanol–water partition coefficient (Wildman–Crippen LogP) is 1.06. The lowest BCUT2D eigenvalue weighted by molar-refractivity contribution is -0.134. The number of rotatable bonds is 5. The minimum Gasteiger partial charge on any atom is -0.369 e. The maximum atomic E-state index is 12.5. The summed E-state index contributed by atoms with van der Waals surface area (Å²) >= 11 is 0. The number of sulfone groups is 1. The van der Waals surface area contributed by atoms with Crippen molar-refractivity contribution in [3.05, 3.63) is 29.3 Å². The maximum Gasteiger partial charge on any atom is 0.223 e. The summed E-state index contributed by atoms with van der Waals surface area (Å²) in [5.41, 5.74) is 7.63. The van der Waals surface area contributed by atoms with Gasteiger partial charge in [-0.1, -0.05) is 6.07 Å². The van der Waals surface area contributed by atoms with Crippen molar-refractivity contribution < 1.29 is 18.0 Å². The zero-order chi connectivity index (χ0) is 18.0. The third kappa shape index (κ3) is 4.03. The van der Waals surface area contributed by atoms with Crippen LogP contribution in [-0.4, -0.2) is 44.0 Å². The Balaban J connectivity index is 1.57. The second-order valence-electron chi connectivity index (χ2n) is 6.91. The molecule has 1 fully saturated rings. The fraction of sp³-hybridized carbons (Fsp3) is 0.556. The number of aryl methyl sites for hydroxylation is 2. The van der Waals surface area contributed by atoms with E-state index in [4.69, 9.17) is 5.73 Å². The van der Waals surface area contributed by atoms with Crippen LogP contribution in [0.1, 0.15) is 36.8 Å². The molecule has 1 aliphatic carbocycles. The van der Waals surface area contributed by atoms with Crippen molar-refractivity contribution in [3.8, 4) is 0 Å². The fourth-order valence-electron chi connectivity index (χ4n) is 3.65. The Hall–Kier alpha value is -1.89. The fourth-order valence-corrected chi connectivity index (χ4v) is 4.93. The van der Waals surface area contributed by atoms with E-state index in [0.29, 0.717) is 30.8 Å². The quantitative estimate of drug-likeness (QED) is 0.845. The highest BCUT2D eigenvalue weighted by Crippen LogP contribution is 2.25. The van der Waals surface area contributed by atoms with Crippen LogP contribution in [0.5, 0.6) is 0 Å². The van der Waals surface area contributed by atoms with Gasteiger partial charge in [0.15, 0.2) is 9.84 Å². The Bertz CT molecular complexity index is 780. The van der Waals surface area contributed by atoms with Gasteiger partial charge in [0.05, 0.1) is 10.6 Å². The van der Waals surface area contributed by atoms with Crippen LogP contribution in [-0.2, 0) is 32.3 Å². The molecule has 1 aromatic carbocycles. The van der Waals surface area contributed by atoms with Crippen LogP contribution in [0.3, 0.4) is 0 Å². The molecule has 25 heavy (non-hydrogen) atoms. The van der Waals surface area contributed by atoms with Crippen molar-refractivity contribution in [1.82, 2.24) is 4.90 Å². The lowest BCUT2D eigenvalue weighted by Gasteiger charge is -2.30. The summed E-state index contributed by atoms with van der Waals surface area (Å²) in [6.45, 7) is 0.927. The van der Waals surface area contributed by atoms with Gasteiger partial charge in [-0.25, -0.2) is 8.42 Å². The van der Waals surface area contributed by atoms with E-state index >= 15 is 0 Å². The molecule has 2 N–H and O–H groups in total. The number of piperidine rings is 1. The first-order valence-corrected chi connectivity index (χ1v) is 10.4.